The monoisotopic (exact) mass is 282 g/mol. The van der Waals surface area contributed by atoms with Crippen LogP contribution in [0.25, 0.3) is 0 Å². The molecule has 2 rings (SSSR count). The fourth-order valence-corrected chi connectivity index (χ4v) is 4.38. The second-order valence-electron chi connectivity index (χ2n) is 6.97. The highest BCUT2D eigenvalue weighted by Crippen LogP contribution is 2.41. The summed E-state index contributed by atoms with van der Waals surface area (Å²) in [5.74, 6) is 3.08. The van der Waals surface area contributed by atoms with Gasteiger partial charge in [-0.05, 0) is 56.3 Å². The maximum Gasteiger partial charge on any atom is 0.0704 e. The molecule has 0 aliphatic heterocycles. The Bertz CT molecular complexity index is 238. The third-order valence-electron chi connectivity index (χ3n) is 5.61. The number of rotatable bonds is 7. The molecule has 2 heteroatoms. The van der Waals surface area contributed by atoms with Crippen LogP contribution in [0.5, 0.6) is 0 Å². The first-order valence-corrected chi connectivity index (χ1v) is 8.94. The van der Waals surface area contributed by atoms with Gasteiger partial charge < -0.3 is 9.47 Å². The Labute approximate surface area is 125 Å². The zero-order chi connectivity index (χ0) is 14.2. The van der Waals surface area contributed by atoms with E-state index in [9.17, 15) is 0 Å². The Kier molecular flexibility index (Phi) is 7.37. The Morgan fingerprint density at radius 1 is 0.800 bits per heavy atom. The van der Waals surface area contributed by atoms with Gasteiger partial charge in [-0.15, -0.1) is 0 Å². The summed E-state index contributed by atoms with van der Waals surface area (Å²) in [7, 11) is 1.75. The molecule has 0 heterocycles. The largest absolute Gasteiger partial charge is 0.382 e. The van der Waals surface area contributed by atoms with Gasteiger partial charge in [0.2, 0.25) is 0 Å². The number of hydrogen-bond acceptors (Lipinski definition) is 2. The quantitative estimate of drug-likeness (QED) is 0.624. The predicted molar refractivity (Wildman–Crippen MR) is 83.9 cm³/mol. The van der Waals surface area contributed by atoms with Crippen LogP contribution in [0.3, 0.4) is 0 Å². The average molecular weight is 282 g/mol. The molecule has 2 fully saturated rings. The van der Waals surface area contributed by atoms with Gasteiger partial charge in [0, 0.05) is 7.11 Å². The van der Waals surface area contributed by atoms with Crippen molar-refractivity contribution in [2.24, 2.45) is 17.8 Å². The van der Waals surface area contributed by atoms with Gasteiger partial charge in [-0.25, -0.2) is 0 Å². The second-order valence-corrected chi connectivity index (χ2v) is 6.97. The lowest BCUT2D eigenvalue weighted by Crippen LogP contribution is -2.29. The highest BCUT2D eigenvalue weighted by Gasteiger charge is 2.30. The van der Waals surface area contributed by atoms with Gasteiger partial charge in [-0.2, -0.15) is 0 Å². The predicted octanol–water partition coefficient (Wildman–Crippen LogP) is 4.81. The fourth-order valence-electron chi connectivity index (χ4n) is 4.38. The van der Waals surface area contributed by atoms with Crippen molar-refractivity contribution in [1.82, 2.24) is 0 Å². The average Bonchev–Trinajstić information content (AvgIpc) is 2.49. The van der Waals surface area contributed by atoms with Crippen LogP contribution in [-0.4, -0.2) is 26.4 Å². The highest BCUT2D eigenvalue weighted by atomic mass is 16.5. The molecule has 0 radical (unpaired) electrons. The van der Waals surface area contributed by atoms with E-state index in [2.05, 4.69) is 6.92 Å². The number of methoxy groups -OCH3 is 1. The van der Waals surface area contributed by atoms with E-state index >= 15 is 0 Å². The highest BCUT2D eigenvalue weighted by molar-refractivity contribution is 4.82. The molecule has 0 aromatic carbocycles. The van der Waals surface area contributed by atoms with Crippen LogP contribution in [0.2, 0.25) is 0 Å². The van der Waals surface area contributed by atoms with Gasteiger partial charge in [0.15, 0.2) is 0 Å². The molecule has 20 heavy (non-hydrogen) atoms. The van der Waals surface area contributed by atoms with Gasteiger partial charge in [-0.3, -0.25) is 0 Å². The van der Waals surface area contributed by atoms with Crippen molar-refractivity contribution in [3.05, 3.63) is 0 Å². The number of ether oxygens (including phenoxy) is 2. The van der Waals surface area contributed by atoms with Crippen molar-refractivity contribution in [3.8, 4) is 0 Å². The van der Waals surface area contributed by atoms with Crippen molar-refractivity contribution in [2.75, 3.05) is 20.3 Å². The van der Waals surface area contributed by atoms with Crippen LogP contribution >= 0.6 is 0 Å². The van der Waals surface area contributed by atoms with Gasteiger partial charge in [-0.1, -0.05) is 32.6 Å². The molecule has 0 atom stereocenters. The molecule has 0 aromatic heterocycles. The first-order chi connectivity index (χ1) is 9.83. The van der Waals surface area contributed by atoms with Crippen LogP contribution in [0, 0.1) is 17.8 Å². The van der Waals surface area contributed by atoms with Gasteiger partial charge in [0.25, 0.3) is 0 Å². The van der Waals surface area contributed by atoms with E-state index in [0.717, 1.165) is 31.0 Å². The van der Waals surface area contributed by atoms with E-state index in [1.807, 2.05) is 0 Å². The molecule has 0 amide bonds. The Morgan fingerprint density at radius 3 is 1.95 bits per heavy atom. The molecule has 0 aromatic rings. The molecule has 2 nitrogen and oxygen atoms in total. The minimum absolute atomic E-state index is 0.512. The van der Waals surface area contributed by atoms with Gasteiger partial charge in [0.1, 0.15) is 0 Å². The lowest BCUT2D eigenvalue weighted by atomic mass is 9.70. The normalized spacial score (nSPS) is 35.1. The van der Waals surface area contributed by atoms with Crippen molar-refractivity contribution >= 4 is 0 Å². The van der Waals surface area contributed by atoms with Crippen molar-refractivity contribution in [2.45, 2.75) is 77.2 Å². The van der Waals surface area contributed by atoms with Crippen LogP contribution in [0.4, 0.5) is 0 Å². The molecule has 0 saturated heterocycles. The van der Waals surface area contributed by atoms with E-state index in [0.29, 0.717) is 6.10 Å². The van der Waals surface area contributed by atoms with Crippen molar-refractivity contribution < 1.29 is 9.47 Å². The zero-order valence-corrected chi connectivity index (χ0v) is 13.6. The summed E-state index contributed by atoms with van der Waals surface area (Å²) >= 11 is 0. The topological polar surface area (TPSA) is 18.5 Å². The maximum absolute atomic E-state index is 5.88. The van der Waals surface area contributed by atoms with Crippen LogP contribution in [0.15, 0.2) is 0 Å². The summed E-state index contributed by atoms with van der Waals surface area (Å²) in [4.78, 5) is 0. The van der Waals surface area contributed by atoms with E-state index < -0.39 is 0 Å². The smallest absolute Gasteiger partial charge is 0.0704 e. The summed E-state index contributed by atoms with van der Waals surface area (Å²) in [5, 5.41) is 0. The molecule has 2 aliphatic rings. The molecule has 2 saturated carbocycles. The number of hydrogen-bond donors (Lipinski definition) is 0. The van der Waals surface area contributed by atoms with Crippen molar-refractivity contribution in [1.29, 1.82) is 0 Å². The van der Waals surface area contributed by atoms with Crippen LogP contribution in [0.1, 0.15) is 71.1 Å². The van der Waals surface area contributed by atoms with E-state index in [1.54, 1.807) is 7.11 Å². The van der Waals surface area contributed by atoms with Gasteiger partial charge >= 0.3 is 0 Å². The van der Waals surface area contributed by atoms with E-state index in [4.69, 9.17) is 9.47 Å². The van der Waals surface area contributed by atoms with Gasteiger partial charge in [0.05, 0.1) is 19.3 Å². The lowest BCUT2D eigenvalue weighted by molar-refractivity contribution is -0.0148. The lowest BCUT2D eigenvalue weighted by Gasteiger charge is -2.37. The van der Waals surface area contributed by atoms with Crippen LogP contribution < -0.4 is 0 Å². The van der Waals surface area contributed by atoms with E-state index in [1.165, 1.54) is 64.2 Å². The maximum atomic E-state index is 5.88. The summed E-state index contributed by atoms with van der Waals surface area (Å²) in [6, 6.07) is 0. The van der Waals surface area contributed by atoms with E-state index in [-0.39, 0.29) is 0 Å². The molecule has 0 unspecified atom stereocenters. The minimum atomic E-state index is 0.512. The van der Waals surface area contributed by atoms with Crippen molar-refractivity contribution in [3.63, 3.8) is 0 Å². The molecular weight excluding hydrogens is 248 g/mol. The third-order valence-corrected chi connectivity index (χ3v) is 5.61. The Balaban J connectivity index is 1.62. The fraction of sp³-hybridized carbons (Fsp3) is 1.00. The first kappa shape index (κ1) is 16.3. The second kappa shape index (κ2) is 9.04. The molecule has 0 N–H and O–H groups in total. The minimum Gasteiger partial charge on any atom is -0.382 e. The SMILES string of the molecule is CCC[C@H]1CC[C@H](C2CCC(OCCOC)CC2)CC1. The Hall–Kier alpha value is -0.0800. The summed E-state index contributed by atoms with van der Waals surface area (Å²) in [5.41, 5.74) is 0. The molecule has 0 bridgehead atoms. The van der Waals surface area contributed by atoms with Crippen LogP contribution in [-0.2, 0) is 9.47 Å². The first-order valence-electron chi connectivity index (χ1n) is 8.94. The molecule has 0 spiro atoms. The summed E-state index contributed by atoms with van der Waals surface area (Å²) in [6.07, 6.45) is 14.7. The zero-order valence-electron chi connectivity index (χ0n) is 13.6. The molecule has 118 valence electrons. The molecule has 2 aliphatic carbocycles. The Morgan fingerprint density at radius 2 is 1.40 bits per heavy atom. The summed E-state index contributed by atoms with van der Waals surface area (Å²) in [6.45, 7) is 3.84. The molecular formula is C18H34O2. The third kappa shape index (κ3) is 5.04. The standard InChI is InChI=1S/C18H34O2/c1-3-4-15-5-7-16(8-6-15)17-9-11-18(12-10-17)20-14-13-19-2/h15-18H,3-14H2,1-2H3/t15-,16-,17?,18?. The summed E-state index contributed by atoms with van der Waals surface area (Å²) < 4.78 is 10.9.